The van der Waals surface area contributed by atoms with E-state index in [9.17, 15) is 18.4 Å². The summed E-state index contributed by atoms with van der Waals surface area (Å²) in [4.78, 5) is 21.8. The lowest BCUT2D eigenvalue weighted by atomic mass is 10.1. The number of carboxylic acid groups (broad SMARTS) is 1. The largest absolute Gasteiger partial charge is 0.493 e. The molecule has 0 aliphatic rings. The van der Waals surface area contributed by atoms with Crippen LogP contribution >= 0.6 is 0 Å². The number of hydrogen-bond acceptors (Lipinski definition) is 4. The van der Waals surface area contributed by atoms with Crippen molar-refractivity contribution >= 4 is 12.0 Å². The molecular formula is C15H20F2N2O5. The average Bonchev–Trinajstić information content (AvgIpc) is 2.51. The van der Waals surface area contributed by atoms with Crippen LogP contribution in [0.15, 0.2) is 18.2 Å². The molecule has 0 unspecified atom stereocenters. The van der Waals surface area contributed by atoms with E-state index >= 15 is 0 Å². The first-order valence-corrected chi connectivity index (χ1v) is 7.27. The van der Waals surface area contributed by atoms with Crippen molar-refractivity contribution in [1.29, 1.82) is 0 Å². The van der Waals surface area contributed by atoms with Crippen molar-refractivity contribution < 1.29 is 33.0 Å². The Balaban J connectivity index is 2.38. The van der Waals surface area contributed by atoms with Crippen molar-refractivity contribution in [1.82, 2.24) is 10.6 Å². The van der Waals surface area contributed by atoms with Gasteiger partial charge in [-0.15, -0.1) is 0 Å². The molecule has 0 aromatic heterocycles. The molecule has 3 N–H and O–H groups in total. The molecule has 1 rings (SSSR count). The number of carbonyl (C=O) groups excluding carboxylic acids is 1. The third kappa shape index (κ3) is 7.61. The Hall–Kier alpha value is -2.58. The fourth-order valence-corrected chi connectivity index (χ4v) is 1.89. The number of nitrogens with one attached hydrogen (secondary N) is 2. The van der Waals surface area contributed by atoms with E-state index in [4.69, 9.17) is 9.84 Å². The van der Waals surface area contributed by atoms with E-state index in [1.807, 2.05) is 0 Å². The van der Waals surface area contributed by atoms with Gasteiger partial charge in [0.15, 0.2) is 11.5 Å². The van der Waals surface area contributed by atoms with Crippen LogP contribution in [0, 0.1) is 0 Å². The summed E-state index contributed by atoms with van der Waals surface area (Å²) in [5.74, 6) is -0.787. The number of carboxylic acids is 1. The van der Waals surface area contributed by atoms with Crippen molar-refractivity contribution in [3.8, 4) is 11.5 Å². The van der Waals surface area contributed by atoms with Crippen molar-refractivity contribution in [2.45, 2.75) is 25.9 Å². The number of hydrogen-bond donors (Lipinski definition) is 3. The summed E-state index contributed by atoms with van der Waals surface area (Å²) in [6.45, 7) is -2.41. The van der Waals surface area contributed by atoms with E-state index in [1.54, 1.807) is 6.07 Å². The van der Waals surface area contributed by atoms with Gasteiger partial charge in [-0.3, -0.25) is 4.79 Å². The molecule has 9 heteroatoms. The Labute approximate surface area is 137 Å². The van der Waals surface area contributed by atoms with Crippen LogP contribution in [0.3, 0.4) is 0 Å². The van der Waals surface area contributed by atoms with E-state index in [2.05, 4.69) is 15.4 Å². The minimum atomic E-state index is -2.95. The second-order valence-electron chi connectivity index (χ2n) is 4.79. The SMILES string of the molecule is COc1ccc(CCNC(=O)NCCCC(=O)O)cc1OC(F)F. The fraction of sp³-hybridized carbons (Fsp3) is 0.467. The smallest absolute Gasteiger partial charge is 0.387 e. The first-order valence-electron chi connectivity index (χ1n) is 7.27. The van der Waals surface area contributed by atoms with E-state index in [1.165, 1.54) is 19.2 Å². The standard InChI is InChI=1S/C15H20F2N2O5/c1-23-11-5-4-10(9-12(11)24-14(16)17)6-8-19-15(22)18-7-2-3-13(20)21/h4-5,9,14H,2-3,6-8H2,1H3,(H,20,21)(H2,18,19,22). The van der Waals surface area contributed by atoms with Gasteiger partial charge in [-0.1, -0.05) is 6.07 Å². The molecule has 7 nitrogen and oxygen atoms in total. The second-order valence-corrected chi connectivity index (χ2v) is 4.79. The molecule has 1 aromatic rings. The fourth-order valence-electron chi connectivity index (χ4n) is 1.89. The predicted octanol–water partition coefficient (Wildman–Crippen LogP) is 2.00. The van der Waals surface area contributed by atoms with E-state index in [0.29, 0.717) is 18.4 Å². The summed E-state index contributed by atoms with van der Waals surface area (Å²) < 4.78 is 34.0. The van der Waals surface area contributed by atoms with Crippen LogP contribution in [0.4, 0.5) is 13.6 Å². The van der Waals surface area contributed by atoms with Crippen LogP contribution < -0.4 is 20.1 Å². The van der Waals surface area contributed by atoms with Gasteiger partial charge in [-0.05, 0) is 30.5 Å². The van der Waals surface area contributed by atoms with E-state index in [0.717, 1.165) is 0 Å². The normalized spacial score (nSPS) is 10.3. The molecule has 1 aromatic carbocycles. The highest BCUT2D eigenvalue weighted by molar-refractivity contribution is 5.73. The third-order valence-electron chi connectivity index (χ3n) is 3.00. The van der Waals surface area contributed by atoms with Gasteiger partial charge < -0.3 is 25.2 Å². The maximum atomic E-state index is 12.3. The van der Waals surface area contributed by atoms with Gasteiger partial charge in [0.2, 0.25) is 0 Å². The van der Waals surface area contributed by atoms with Gasteiger partial charge in [0.05, 0.1) is 7.11 Å². The van der Waals surface area contributed by atoms with Crippen LogP contribution in [0.1, 0.15) is 18.4 Å². The Morgan fingerprint density at radius 3 is 2.54 bits per heavy atom. The number of urea groups is 1. The van der Waals surface area contributed by atoms with E-state index < -0.39 is 18.6 Å². The topological polar surface area (TPSA) is 96.9 Å². The number of carbonyl (C=O) groups is 2. The highest BCUT2D eigenvalue weighted by Gasteiger charge is 2.11. The number of aliphatic carboxylic acids is 1. The first-order chi connectivity index (χ1) is 11.4. The van der Waals surface area contributed by atoms with Crippen molar-refractivity contribution in [2.75, 3.05) is 20.2 Å². The van der Waals surface area contributed by atoms with E-state index in [-0.39, 0.29) is 31.0 Å². The monoisotopic (exact) mass is 346 g/mol. The number of alkyl halides is 2. The number of ether oxygens (including phenoxy) is 2. The highest BCUT2D eigenvalue weighted by Crippen LogP contribution is 2.29. The number of methoxy groups -OCH3 is 1. The molecule has 134 valence electrons. The van der Waals surface area contributed by atoms with Crippen molar-refractivity contribution in [2.24, 2.45) is 0 Å². The quantitative estimate of drug-likeness (QED) is 0.563. The molecule has 0 spiro atoms. The van der Waals surface area contributed by atoms with Crippen LogP contribution in [-0.4, -0.2) is 43.9 Å². The van der Waals surface area contributed by atoms with Gasteiger partial charge in [-0.2, -0.15) is 8.78 Å². The maximum absolute atomic E-state index is 12.3. The summed E-state index contributed by atoms with van der Waals surface area (Å²) in [5.41, 5.74) is 0.692. The molecule has 0 saturated carbocycles. The number of amides is 2. The van der Waals surface area contributed by atoms with Gasteiger partial charge in [0, 0.05) is 19.5 Å². The summed E-state index contributed by atoms with van der Waals surface area (Å²) >= 11 is 0. The van der Waals surface area contributed by atoms with Crippen LogP contribution in [0.2, 0.25) is 0 Å². The Morgan fingerprint density at radius 1 is 1.21 bits per heavy atom. The molecule has 0 bridgehead atoms. The van der Waals surface area contributed by atoms with Crippen molar-refractivity contribution in [3.63, 3.8) is 0 Å². The Bertz CT molecular complexity index is 555. The highest BCUT2D eigenvalue weighted by atomic mass is 19.3. The lowest BCUT2D eigenvalue weighted by Crippen LogP contribution is -2.37. The molecule has 0 radical (unpaired) electrons. The van der Waals surface area contributed by atoms with Gasteiger partial charge in [0.1, 0.15) is 0 Å². The number of benzene rings is 1. The summed E-state index contributed by atoms with van der Waals surface area (Å²) in [5, 5.41) is 13.6. The summed E-state index contributed by atoms with van der Waals surface area (Å²) in [6.07, 6.45) is 0.737. The second kappa shape index (κ2) is 10.2. The minimum Gasteiger partial charge on any atom is -0.493 e. The summed E-state index contributed by atoms with van der Waals surface area (Å²) in [6, 6.07) is 4.21. The molecule has 2 amide bonds. The molecular weight excluding hydrogens is 326 g/mol. The van der Waals surface area contributed by atoms with Crippen LogP contribution in [-0.2, 0) is 11.2 Å². The zero-order chi connectivity index (χ0) is 17.9. The van der Waals surface area contributed by atoms with Gasteiger partial charge in [0.25, 0.3) is 0 Å². The molecule has 24 heavy (non-hydrogen) atoms. The zero-order valence-electron chi connectivity index (χ0n) is 13.2. The number of rotatable bonds is 10. The molecule has 0 fully saturated rings. The summed E-state index contributed by atoms with van der Waals surface area (Å²) in [7, 11) is 1.35. The average molecular weight is 346 g/mol. The van der Waals surface area contributed by atoms with Gasteiger partial charge >= 0.3 is 18.6 Å². The zero-order valence-corrected chi connectivity index (χ0v) is 13.2. The lowest BCUT2D eigenvalue weighted by Gasteiger charge is -2.12. The maximum Gasteiger partial charge on any atom is 0.387 e. The third-order valence-corrected chi connectivity index (χ3v) is 3.00. The Morgan fingerprint density at radius 2 is 1.92 bits per heavy atom. The van der Waals surface area contributed by atoms with Gasteiger partial charge in [-0.25, -0.2) is 4.79 Å². The van der Waals surface area contributed by atoms with Crippen LogP contribution in [0.25, 0.3) is 0 Å². The molecule has 0 aliphatic heterocycles. The molecule has 0 aliphatic carbocycles. The first kappa shape index (κ1) is 19.5. The number of halogens is 2. The van der Waals surface area contributed by atoms with Crippen molar-refractivity contribution in [3.05, 3.63) is 23.8 Å². The van der Waals surface area contributed by atoms with Crippen LogP contribution in [0.5, 0.6) is 11.5 Å². The predicted molar refractivity (Wildman–Crippen MR) is 81.6 cm³/mol. The lowest BCUT2D eigenvalue weighted by molar-refractivity contribution is -0.137. The Kier molecular flexibility index (Phi) is 8.31. The molecule has 0 heterocycles. The molecule has 0 atom stereocenters. The minimum absolute atomic E-state index is 0.0148. The molecule has 0 saturated heterocycles.